The normalized spacial score (nSPS) is 17.0. The number of methoxy groups -OCH3 is 1. The Balaban J connectivity index is 0.976. The van der Waals surface area contributed by atoms with Crippen molar-refractivity contribution in [1.29, 1.82) is 5.26 Å². The topological polar surface area (TPSA) is 155 Å². The molecule has 5 aromatic carbocycles. The number of piperidine rings is 1. The fourth-order valence-corrected chi connectivity index (χ4v) is 10.9. The van der Waals surface area contributed by atoms with Gasteiger partial charge in [-0.2, -0.15) is 5.26 Å². The smallest absolute Gasteiger partial charge is 0.264 e. The number of aromatic amines is 1. The molecule has 74 heavy (non-hydrogen) atoms. The number of halogens is 1. The number of morpholine rings is 1. The Morgan fingerprint density at radius 1 is 0.824 bits per heavy atom. The summed E-state index contributed by atoms with van der Waals surface area (Å²) in [6.07, 6.45) is 4.53. The second-order valence-electron chi connectivity index (χ2n) is 19.8. The molecule has 2 N–H and O–H groups in total. The van der Waals surface area contributed by atoms with Crippen LogP contribution < -0.4 is 14.4 Å². The van der Waals surface area contributed by atoms with Crippen molar-refractivity contribution in [3.05, 3.63) is 159 Å². The molecule has 6 aromatic rings. The van der Waals surface area contributed by atoms with Crippen LogP contribution in [0.2, 0.25) is 0 Å². The summed E-state index contributed by atoms with van der Waals surface area (Å²) >= 11 is 0. The Kier molecular flexibility index (Phi) is 15.1. The van der Waals surface area contributed by atoms with Crippen molar-refractivity contribution >= 4 is 29.1 Å². The number of likely N-dealkylation sites (tertiary alicyclic amines) is 1. The number of amides is 3. The zero-order chi connectivity index (χ0) is 51.3. The molecule has 14 nitrogen and oxygen atoms in total. The van der Waals surface area contributed by atoms with E-state index in [0.717, 1.165) is 62.3 Å². The molecule has 0 spiro atoms. The number of carbonyl (C=O) groups is 3. The second-order valence-corrected chi connectivity index (χ2v) is 19.8. The fraction of sp³-hybridized carbons (Fsp3) is 0.356. The van der Waals surface area contributed by atoms with Gasteiger partial charge in [-0.15, -0.1) is 0 Å². The molecular weight excluding hydrogens is 938 g/mol. The molecule has 1 atom stereocenters. The van der Waals surface area contributed by atoms with Crippen LogP contribution in [0.3, 0.4) is 0 Å². The maximum Gasteiger partial charge on any atom is 0.264 e. The van der Waals surface area contributed by atoms with Gasteiger partial charge >= 0.3 is 0 Å². The quantitative estimate of drug-likeness (QED) is 0.108. The Hall–Kier alpha value is -7.51. The van der Waals surface area contributed by atoms with Crippen LogP contribution in [0.4, 0.5) is 15.8 Å². The number of hydrogen-bond donors (Lipinski definition) is 2. The van der Waals surface area contributed by atoms with E-state index in [-0.39, 0.29) is 47.7 Å². The van der Waals surface area contributed by atoms with Crippen LogP contribution in [0, 0.1) is 24.1 Å². The van der Waals surface area contributed by atoms with Crippen molar-refractivity contribution in [3.8, 4) is 34.6 Å². The zero-order valence-corrected chi connectivity index (χ0v) is 42.1. The first-order valence-electron chi connectivity index (χ1n) is 25.7. The fourth-order valence-electron chi connectivity index (χ4n) is 10.9. The summed E-state index contributed by atoms with van der Waals surface area (Å²) in [5.41, 5.74) is 8.08. The molecule has 10 rings (SSSR count). The highest BCUT2D eigenvalue weighted by molar-refractivity contribution is 6.12. The highest BCUT2D eigenvalue weighted by atomic mass is 19.1. The molecule has 5 heterocycles. The Bertz CT molecular complexity index is 3080. The number of hydrogen-bond acceptors (Lipinski definition) is 10. The second kappa shape index (κ2) is 22.3. The highest BCUT2D eigenvalue weighted by Crippen LogP contribution is 2.38. The summed E-state index contributed by atoms with van der Waals surface area (Å²) in [6.45, 7) is 9.77. The number of aryl methyl sites for hydroxylation is 1. The van der Waals surface area contributed by atoms with Crippen molar-refractivity contribution in [1.82, 2.24) is 24.6 Å². The van der Waals surface area contributed by atoms with Gasteiger partial charge in [0.1, 0.15) is 35.7 Å². The number of phenols is 1. The van der Waals surface area contributed by atoms with Gasteiger partial charge in [-0.25, -0.2) is 4.39 Å². The average Bonchev–Trinajstić information content (AvgIpc) is 3.82. The lowest BCUT2D eigenvalue weighted by molar-refractivity contribution is -0.131. The number of nitrogens with zero attached hydrogens (tertiary/aromatic N) is 6. The number of ether oxygens (including phenoxy) is 3. The van der Waals surface area contributed by atoms with E-state index in [2.05, 4.69) is 39.1 Å². The van der Waals surface area contributed by atoms with Crippen LogP contribution in [-0.4, -0.2) is 126 Å². The number of carbonyl (C=O) groups excluding carboxylic acids is 3. The maximum absolute atomic E-state index is 15.7. The van der Waals surface area contributed by atoms with E-state index < -0.39 is 11.7 Å². The molecule has 3 amide bonds. The van der Waals surface area contributed by atoms with Gasteiger partial charge in [0.25, 0.3) is 11.8 Å². The summed E-state index contributed by atoms with van der Waals surface area (Å²) < 4.78 is 32.3. The van der Waals surface area contributed by atoms with Gasteiger partial charge in [0.2, 0.25) is 5.91 Å². The molecule has 2 fully saturated rings. The van der Waals surface area contributed by atoms with E-state index >= 15 is 14.0 Å². The van der Waals surface area contributed by atoms with E-state index in [9.17, 15) is 15.2 Å². The highest BCUT2D eigenvalue weighted by Gasteiger charge is 2.35. The van der Waals surface area contributed by atoms with Crippen LogP contribution in [0.25, 0.3) is 11.3 Å². The molecule has 382 valence electrons. The summed E-state index contributed by atoms with van der Waals surface area (Å²) in [5.74, 6) is -0.463. The minimum absolute atomic E-state index is 0.0292. The van der Waals surface area contributed by atoms with Gasteiger partial charge in [0.15, 0.2) is 0 Å². The molecule has 0 unspecified atom stereocenters. The van der Waals surface area contributed by atoms with Crippen molar-refractivity contribution < 1.29 is 38.1 Å². The monoisotopic (exact) mass is 999 g/mol. The van der Waals surface area contributed by atoms with Crippen LogP contribution in [0.15, 0.2) is 103 Å². The molecule has 2 saturated heterocycles. The largest absolute Gasteiger partial charge is 0.508 e. The number of fused-ring (bicyclic) bond motifs is 2. The predicted octanol–water partition coefficient (Wildman–Crippen LogP) is 8.59. The standard InChI is InChI=1S/C59H62FN7O7/c1-39-51(59(71)67(46-11-14-49(68)15-12-46)47-13-17-56(72-2)44(29-47)35-61)34-55(62-39)52-30-41-18-21-65(57(69)32-42-10-16-50(33-54(42)60)74-27-24-63-22-25-73-26-23-63)36-45(41)31-53(52)58(70)66-37-43-9-5-4-8-40(43)28-48(66)38-64-19-6-3-7-20-64/h4-5,8-17,29-31,33-34,48,62,68H,3,6-7,18-28,32,36-38H2,1-2H3/t48-/m0/s1. The Labute approximate surface area is 431 Å². The third-order valence-electron chi connectivity index (χ3n) is 15.0. The van der Waals surface area contributed by atoms with E-state index in [1.165, 1.54) is 42.2 Å². The number of aromatic nitrogens is 1. The lowest BCUT2D eigenvalue weighted by atomic mass is 9.89. The van der Waals surface area contributed by atoms with Gasteiger partial charge in [-0.05, 0) is 140 Å². The van der Waals surface area contributed by atoms with Gasteiger partial charge in [-0.1, -0.05) is 36.8 Å². The van der Waals surface area contributed by atoms with E-state index in [4.69, 9.17) is 14.2 Å². The zero-order valence-electron chi connectivity index (χ0n) is 42.1. The molecule has 0 radical (unpaired) electrons. The van der Waals surface area contributed by atoms with E-state index in [1.807, 2.05) is 30.0 Å². The number of H-pyrrole nitrogens is 1. The van der Waals surface area contributed by atoms with Crippen LogP contribution in [0.1, 0.15) is 79.1 Å². The number of nitriles is 1. The number of rotatable bonds is 14. The maximum atomic E-state index is 15.7. The Morgan fingerprint density at radius 2 is 1.59 bits per heavy atom. The minimum atomic E-state index is -0.499. The summed E-state index contributed by atoms with van der Waals surface area (Å²) in [7, 11) is 1.48. The summed E-state index contributed by atoms with van der Waals surface area (Å²) in [6, 6.07) is 32.0. The number of nitrogens with one attached hydrogen (secondary N) is 1. The first-order chi connectivity index (χ1) is 36.0. The van der Waals surface area contributed by atoms with Gasteiger partial charge in [-0.3, -0.25) is 24.2 Å². The molecule has 0 bridgehead atoms. The van der Waals surface area contributed by atoms with E-state index in [0.29, 0.717) is 103 Å². The minimum Gasteiger partial charge on any atom is -0.508 e. The lowest BCUT2D eigenvalue weighted by Crippen LogP contribution is -2.51. The Morgan fingerprint density at radius 3 is 2.35 bits per heavy atom. The van der Waals surface area contributed by atoms with Crippen LogP contribution in [-0.2, 0) is 41.9 Å². The lowest BCUT2D eigenvalue weighted by Gasteiger charge is -2.41. The molecule has 0 saturated carbocycles. The molecule has 15 heteroatoms. The van der Waals surface area contributed by atoms with Gasteiger partial charge < -0.3 is 39.0 Å². The summed E-state index contributed by atoms with van der Waals surface area (Å²) in [5, 5.41) is 20.2. The number of benzene rings is 5. The van der Waals surface area contributed by atoms with Crippen LogP contribution >= 0.6 is 0 Å². The number of aromatic hydroxyl groups is 1. The predicted molar refractivity (Wildman–Crippen MR) is 279 cm³/mol. The third-order valence-corrected chi connectivity index (χ3v) is 15.0. The van der Waals surface area contributed by atoms with Crippen LogP contribution in [0.5, 0.6) is 17.2 Å². The molecule has 4 aliphatic rings. The SMILES string of the molecule is COc1ccc(N(C(=O)c2cc(-c3cc4c(cc3C(=O)N3Cc5ccccc5C[C@H]3CN3CCCCC3)CN(C(=O)Cc3ccc(OCCN5CCOCC5)cc3F)CC4)[nH]c2C)c2ccc(O)cc2)cc1C#N. The van der Waals surface area contributed by atoms with Gasteiger partial charge in [0, 0.05) is 86.1 Å². The molecule has 0 aliphatic carbocycles. The summed E-state index contributed by atoms with van der Waals surface area (Å²) in [4.78, 5) is 58.2. The first-order valence-corrected chi connectivity index (χ1v) is 25.7. The molecule has 4 aliphatic heterocycles. The first kappa shape index (κ1) is 50.0. The number of phenolic OH excluding ortho intramolecular Hbond substituents is 1. The van der Waals surface area contributed by atoms with Crippen molar-refractivity contribution in [2.45, 2.75) is 64.6 Å². The van der Waals surface area contributed by atoms with Gasteiger partial charge in [0.05, 0.1) is 43.6 Å². The molecular formula is C59H62FN7O7. The number of anilines is 2. The third kappa shape index (κ3) is 10.9. The van der Waals surface area contributed by atoms with E-state index in [1.54, 1.807) is 53.4 Å². The van der Waals surface area contributed by atoms with Crippen molar-refractivity contribution in [2.24, 2.45) is 0 Å². The average molecular weight is 1000 g/mol. The van der Waals surface area contributed by atoms with Crippen molar-refractivity contribution in [3.63, 3.8) is 0 Å². The van der Waals surface area contributed by atoms with Crippen molar-refractivity contribution in [2.75, 3.05) is 77.6 Å². The molecule has 1 aromatic heterocycles.